The van der Waals surface area contributed by atoms with Crippen LogP contribution in [-0.4, -0.2) is 34.0 Å². The van der Waals surface area contributed by atoms with Gasteiger partial charge in [-0.25, -0.2) is 0 Å². The molecular weight excluding hydrogens is 154 g/mol. The van der Waals surface area contributed by atoms with Gasteiger partial charge in [0.25, 0.3) is 0 Å². The van der Waals surface area contributed by atoms with E-state index in [2.05, 4.69) is 0 Å². The second-order valence-electron chi connectivity index (χ2n) is 1.95. The van der Waals surface area contributed by atoms with E-state index in [1.54, 1.807) is 0 Å². The van der Waals surface area contributed by atoms with Crippen molar-refractivity contribution in [2.24, 2.45) is 5.73 Å². The molecule has 7 nitrogen and oxygen atoms in total. The first-order chi connectivity index (χ1) is 5.07. The highest BCUT2D eigenvalue weighted by Gasteiger charge is 2.11. The first-order valence-corrected chi connectivity index (χ1v) is 2.90. The summed E-state index contributed by atoms with van der Waals surface area (Å²) in [5, 5.41) is 26.6. The molecular formula is C4H10N3O4-. The minimum Gasteiger partial charge on any atom is -0.773 e. The van der Waals surface area contributed by atoms with Gasteiger partial charge in [-0.2, -0.15) is 0 Å². The molecule has 0 radical (unpaired) electrons. The van der Waals surface area contributed by atoms with Crippen LogP contribution in [0.2, 0.25) is 0 Å². The number of nitrogens with zero attached hydrogens (tertiary/aromatic N) is 1. The first kappa shape index (κ1) is 10.3. The van der Waals surface area contributed by atoms with E-state index in [-0.39, 0.29) is 18.1 Å². The highest BCUT2D eigenvalue weighted by molar-refractivity contribution is 5.72. The number of carbonyl (C=O) groups is 1. The van der Waals surface area contributed by atoms with E-state index >= 15 is 0 Å². The predicted octanol–water partition coefficient (Wildman–Crippen LogP) is -1.52. The van der Waals surface area contributed by atoms with Gasteiger partial charge >= 0.3 is 5.97 Å². The van der Waals surface area contributed by atoms with Crippen LogP contribution in [0.5, 0.6) is 0 Å². The Labute approximate surface area is 62.9 Å². The lowest BCUT2D eigenvalue weighted by molar-refractivity contribution is -0.142. The van der Waals surface area contributed by atoms with Crippen molar-refractivity contribution in [3.63, 3.8) is 0 Å². The number of hydrogen-bond acceptors (Lipinski definition) is 6. The number of carboxylic acid groups (broad SMARTS) is 1. The minimum absolute atomic E-state index is 0.00106. The Morgan fingerprint density at radius 2 is 2.36 bits per heavy atom. The van der Waals surface area contributed by atoms with Crippen LogP contribution in [0.1, 0.15) is 6.42 Å². The van der Waals surface area contributed by atoms with Crippen molar-refractivity contribution in [3.05, 3.63) is 5.21 Å². The molecule has 1 atom stereocenters. The quantitative estimate of drug-likeness (QED) is 0.364. The summed E-state index contributed by atoms with van der Waals surface area (Å²) in [4.78, 5) is 10.1. The fourth-order valence-electron chi connectivity index (χ4n) is 0.430. The maximum atomic E-state index is 10.1. The van der Waals surface area contributed by atoms with Crippen molar-refractivity contribution in [2.45, 2.75) is 12.5 Å². The number of hydrazine groups is 1. The van der Waals surface area contributed by atoms with Gasteiger partial charge in [-0.15, -0.1) is 5.17 Å². The van der Waals surface area contributed by atoms with Crippen molar-refractivity contribution in [1.29, 1.82) is 0 Å². The SMILES string of the molecule is N[C@@H](CCN(O)N[O-])C(=O)O. The van der Waals surface area contributed by atoms with Crippen molar-refractivity contribution < 1.29 is 15.1 Å². The van der Waals surface area contributed by atoms with E-state index in [1.165, 1.54) is 0 Å². The molecule has 0 unspecified atom stereocenters. The molecule has 0 rings (SSSR count). The fraction of sp³-hybridized carbons (Fsp3) is 0.750. The van der Waals surface area contributed by atoms with Crippen molar-refractivity contribution in [3.8, 4) is 0 Å². The maximum Gasteiger partial charge on any atom is 0.320 e. The molecule has 0 bridgehead atoms. The lowest BCUT2D eigenvalue weighted by Gasteiger charge is -2.19. The van der Waals surface area contributed by atoms with E-state index in [0.29, 0.717) is 0 Å². The highest BCUT2D eigenvalue weighted by Crippen LogP contribution is 1.88. The summed E-state index contributed by atoms with van der Waals surface area (Å²) in [5.74, 6) is -1.16. The monoisotopic (exact) mass is 164 g/mol. The maximum absolute atomic E-state index is 10.1. The van der Waals surface area contributed by atoms with Gasteiger partial charge in [-0.3, -0.25) is 10.0 Å². The predicted molar refractivity (Wildman–Crippen MR) is 35.2 cm³/mol. The van der Waals surface area contributed by atoms with E-state index < -0.39 is 12.0 Å². The lowest BCUT2D eigenvalue weighted by Crippen LogP contribution is -2.38. The number of rotatable bonds is 5. The molecule has 0 aliphatic rings. The molecule has 0 fully saturated rings. The van der Waals surface area contributed by atoms with Crippen LogP contribution in [0.4, 0.5) is 0 Å². The number of nitrogens with one attached hydrogen (secondary N) is 1. The topological polar surface area (TPSA) is 122 Å². The third-order valence-electron chi connectivity index (χ3n) is 1.07. The van der Waals surface area contributed by atoms with Crippen LogP contribution >= 0.6 is 0 Å². The fourth-order valence-corrected chi connectivity index (χ4v) is 0.430. The van der Waals surface area contributed by atoms with E-state index in [9.17, 15) is 10.0 Å². The third kappa shape index (κ3) is 4.65. The molecule has 0 aliphatic heterocycles. The Balaban J connectivity index is 3.45. The van der Waals surface area contributed by atoms with Crippen molar-refractivity contribution in [1.82, 2.24) is 10.8 Å². The summed E-state index contributed by atoms with van der Waals surface area (Å²) in [5.41, 5.74) is 6.20. The summed E-state index contributed by atoms with van der Waals surface area (Å²) >= 11 is 0. The molecule has 0 spiro atoms. The van der Waals surface area contributed by atoms with Gasteiger partial charge in [-0.1, -0.05) is 0 Å². The van der Waals surface area contributed by atoms with E-state index in [0.717, 1.165) is 5.59 Å². The summed E-state index contributed by atoms with van der Waals surface area (Å²) in [6.07, 6.45) is 0.00106. The van der Waals surface area contributed by atoms with Gasteiger partial charge in [0.2, 0.25) is 0 Å². The number of nitrogens with two attached hydrogens (primary N) is 1. The Hall–Kier alpha value is -0.730. The molecule has 7 heteroatoms. The molecule has 0 aliphatic carbocycles. The average Bonchev–Trinajstić information content (AvgIpc) is 1.99. The molecule has 0 heterocycles. The van der Waals surface area contributed by atoms with Crippen molar-refractivity contribution in [2.75, 3.05) is 6.54 Å². The zero-order chi connectivity index (χ0) is 8.85. The molecule has 0 aromatic heterocycles. The van der Waals surface area contributed by atoms with Crippen LogP contribution in [-0.2, 0) is 4.79 Å². The second-order valence-corrected chi connectivity index (χ2v) is 1.95. The van der Waals surface area contributed by atoms with E-state index in [4.69, 9.17) is 16.0 Å². The lowest BCUT2D eigenvalue weighted by atomic mass is 10.2. The molecule has 0 aromatic rings. The number of hydroxylamine groups is 1. The number of aliphatic carboxylic acids is 1. The average molecular weight is 164 g/mol. The normalized spacial score (nSPS) is 13.5. The molecule has 0 aromatic carbocycles. The number of hydrogen-bond donors (Lipinski definition) is 4. The van der Waals surface area contributed by atoms with Crippen LogP contribution in [0, 0.1) is 5.21 Å². The Morgan fingerprint density at radius 3 is 2.73 bits per heavy atom. The van der Waals surface area contributed by atoms with E-state index in [1.807, 2.05) is 0 Å². The Bertz CT molecular complexity index is 131. The van der Waals surface area contributed by atoms with Gasteiger partial charge in [0.05, 0.1) is 0 Å². The molecule has 0 amide bonds. The minimum atomic E-state index is -1.16. The highest BCUT2D eigenvalue weighted by atomic mass is 16.7. The van der Waals surface area contributed by atoms with Gasteiger partial charge in [-0.05, 0) is 6.42 Å². The summed E-state index contributed by atoms with van der Waals surface area (Å²) in [7, 11) is 0. The van der Waals surface area contributed by atoms with Crippen LogP contribution < -0.4 is 11.3 Å². The zero-order valence-electron chi connectivity index (χ0n) is 5.73. The third-order valence-corrected chi connectivity index (χ3v) is 1.07. The smallest absolute Gasteiger partial charge is 0.320 e. The van der Waals surface area contributed by atoms with Gasteiger partial charge in [0.15, 0.2) is 0 Å². The van der Waals surface area contributed by atoms with Crippen LogP contribution in [0.3, 0.4) is 0 Å². The Kier molecular flexibility index (Phi) is 4.66. The van der Waals surface area contributed by atoms with Gasteiger partial charge in [0, 0.05) is 6.54 Å². The second kappa shape index (κ2) is 4.99. The summed E-state index contributed by atoms with van der Waals surface area (Å²) in [6.45, 7) is -0.128. The summed E-state index contributed by atoms with van der Waals surface area (Å²) < 4.78 is 0. The largest absolute Gasteiger partial charge is 0.773 e. The molecule has 66 valence electrons. The molecule has 0 saturated carbocycles. The van der Waals surface area contributed by atoms with Crippen LogP contribution in [0.15, 0.2) is 0 Å². The summed E-state index contributed by atoms with van der Waals surface area (Å²) in [6, 6.07) is -1.06. The standard InChI is InChI=1S/C4H10N3O4/c5-3(4(8)9)1-2-7(11)6-10/h3,6,11H,1-2,5H2,(H,8,9)/q-1/t3-/m0/s1. The van der Waals surface area contributed by atoms with Crippen molar-refractivity contribution >= 4 is 5.97 Å². The van der Waals surface area contributed by atoms with Gasteiger partial charge < -0.3 is 21.6 Å². The molecule has 0 saturated heterocycles. The molecule has 11 heavy (non-hydrogen) atoms. The number of carboxylic acids is 1. The zero-order valence-corrected chi connectivity index (χ0v) is 5.73. The first-order valence-electron chi connectivity index (χ1n) is 2.90. The van der Waals surface area contributed by atoms with Crippen LogP contribution in [0.25, 0.3) is 0 Å². The Morgan fingerprint density at radius 1 is 1.82 bits per heavy atom. The molecule has 5 N–H and O–H groups in total. The van der Waals surface area contributed by atoms with Gasteiger partial charge in [0.1, 0.15) is 6.04 Å².